The third kappa shape index (κ3) is 4.33. The van der Waals surface area contributed by atoms with E-state index in [0.717, 1.165) is 37.4 Å². The monoisotopic (exact) mass is 334 g/mol. The van der Waals surface area contributed by atoms with Crippen LogP contribution in [-0.2, 0) is 0 Å². The average Bonchev–Trinajstić information content (AvgIpc) is 3.17. The minimum Gasteiger partial charge on any atom is -0.352 e. The molecule has 1 amide bonds. The van der Waals surface area contributed by atoms with Gasteiger partial charge in [0, 0.05) is 12.7 Å². The van der Waals surface area contributed by atoms with Crippen LogP contribution in [0.2, 0.25) is 0 Å². The predicted molar refractivity (Wildman–Crippen MR) is 93.5 cm³/mol. The molecular weight excluding hydrogens is 312 g/mol. The summed E-state index contributed by atoms with van der Waals surface area (Å²) >= 11 is 0. The highest BCUT2D eigenvalue weighted by Crippen LogP contribution is 2.13. The molecule has 2 aromatic rings. The molecule has 3 rings (SSSR count). The van der Waals surface area contributed by atoms with Gasteiger partial charge in [0.25, 0.3) is 5.91 Å². The van der Waals surface area contributed by atoms with Crippen LogP contribution in [0.15, 0.2) is 36.5 Å². The van der Waals surface area contributed by atoms with Crippen LogP contribution < -0.4 is 10.6 Å². The first-order valence-electron chi connectivity index (χ1n) is 7.84. The van der Waals surface area contributed by atoms with Gasteiger partial charge in [0.2, 0.25) is 0 Å². The molecule has 0 spiro atoms. The average molecular weight is 335 g/mol. The first-order valence-corrected chi connectivity index (χ1v) is 7.84. The summed E-state index contributed by atoms with van der Waals surface area (Å²) in [6.45, 7) is 4.76. The van der Waals surface area contributed by atoms with Crippen LogP contribution in [0.4, 0.5) is 0 Å². The number of carbonyl (C=O) groups is 1. The van der Waals surface area contributed by atoms with Gasteiger partial charge in [0.15, 0.2) is 0 Å². The third-order valence-electron chi connectivity index (χ3n) is 4.16. The van der Waals surface area contributed by atoms with Gasteiger partial charge in [0.1, 0.15) is 0 Å². The Kier molecular flexibility index (Phi) is 6.19. The van der Waals surface area contributed by atoms with Crippen molar-refractivity contribution in [3.63, 3.8) is 0 Å². The van der Waals surface area contributed by atoms with Crippen molar-refractivity contribution in [2.75, 3.05) is 19.6 Å². The van der Waals surface area contributed by atoms with Crippen molar-refractivity contribution < 1.29 is 4.79 Å². The molecule has 2 N–H and O–H groups in total. The lowest BCUT2D eigenvalue weighted by Crippen LogP contribution is -2.26. The van der Waals surface area contributed by atoms with E-state index < -0.39 is 0 Å². The molecule has 23 heavy (non-hydrogen) atoms. The van der Waals surface area contributed by atoms with E-state index in [2.05, 4.69) is 15.7 Å². The largest absolute Gasteiger partial charge is 0.352 e. The van der Waals surface area contributed by atoms with Crippen molar-refractivity contribution >= 4 is 18.3 Å². The second-order valence-electron chi connectivity index (χ2n) is 5.81. The van der Waals surface area contributed by atoms with Crippen LogP contribution in [0, 0.1) is 12.8 Å². The maximum Gasteiger partial charge on any atom is 0.254 e. The van der Waals surface area contributed by atoms with E-state index in [1.807, 2.05) is 37.3 Å². The molecule has 6 heteroatoms. The number of carbonyl (C=O) groups excluding carboxylic acids is 1. The first kappa shape index (κ1) is 17.5. The van der Waals surface area contributed by atoms with Crippen molar-refractivity contribution in [2.45, 2.75) is 19.8 Å². The molecule has 1 aromatic carbocycles. The summed E-state index contributed by atoms with van der Waals surface area (Å²) in [5.41, 5.74) is 2.36. The number of aromatic nitrogens is 2. The highest BCUT2D eigenvalue weighted by atomic mass is 35.5. The molecule has 0 saturated carbocycles. The summed E-state index contributed by atoms with van der Waals surface area (Å²) in [6, 6.07) is 9.83. The Morgan fingerprint density at radius 2 is 2.17 bits per heavy atom. The normalized spacial score (nSPS) is 16.8. The molecule has 1 aromatic heterocycles. The second kappa shape index (κ2) is 8.13. The van der Waals surface area contributed by atoms with Crippen molar-refractivity contribution in [2.24, 2.45) is 5.92 Å². The zero-order chi connectivity index (χ0) is 15.4. The summed E-state index contributed by atoms with van der Waals surface area (Å²) in [4.78, 5) is 12.3. The lowest BCUT2D eigenvalue weighted by molar-refractivity contribution is 0.0951. The Morgan fingerprint density at radius 1 is 1.39 bits per heavy atom. The molecule has 1 aliphatic heterocycles. The number of benzene rings is 1. The Balaban J connectivity index is 0.00000192. The first-order chi connectivity index (χ1) is 10.7. The molecule has 1 aliphatic rings. The molecule has 1 unspecified atom stereocenters. The number of hydrogen-bond donors (Lipinski definition) is 2. The molecule has 0 radical (unpaired) electrons. The van der Waals surface area contributed by atoms with Crippen LogP contribution in [0.3, 0.4) is 0 Å². The maximum absolute atomic E-state index is 12.3. The number of hydrogen-bond acceptors (Lipinski definition) is 3. The lowest BCUT2D eigenvalue weighted by Gasteiger charge is -2.08. The van der Waals surface area contributed by atoms with Gasteiger partial charge >= 0.3 is 0 Å². The standard InChI is InChI=1S/C17H22N4O.ClH/c1-13-16(12-21(20-13)15-5-3-2-4-6-15)17(22)19-10-8-14-7-9-18-11-14;/h2-6,12,14,18H,7-11H2,1H3,(H,19,22);1H. The number of nitrogens with zero attached hydrogens (tertiary/aromatic N) is 2. The topological polar surface area (TPSA) is 59.0 Å². The van der Waals surface area contributed by atoms with E-state index in [9.17, 15) is 4.79 Å². The van der Waals surface area contributed by atoms with Gasteiger partial charge in [-0.3, -0.25) is 4.79 Å². The van der Waals surface area contributed by atoms with Crippen molar-refractivity contribution in [1.29, 1.82) is 0 Å². The molecule has 1 atom stereocenters. The fraction of sp³-hybridized carbons (Fsp3) is 0.412. The van der Waals surface area contributed by atoms with Gasteiger partial charge in [0.05, 0.1) is 16.9 Å². The lowest BCUT2D eigenvalue weighted by atomic mass is 10.1. The van der Waals surface area contributed by atoms with Gasteiger partial charge in [-0.25, -0.2) is 4.68 Å². The van der Waals surface area contributed by atoms with Gasteiger partial charge < -0.3 is 10.6 Å². The van der Waals surface area contributed by atoms with E-state index in [4.69, 9.17) is 0 Å². The molecule has 1 fully saturated rings. The summed E-state index contributed by atoms with van der Waals surface area (Å²) < 4.78 is 1.76. The van der Waals surface area contributed by atoms with E-state index in [1.165, 1.54) is 6.42 Å². The smallest absolute Gasteiger partial charge is 0.254 e. The SMILES string of the molecule is Cc1nn(-c2ccccc2)cc1C(=O)NCCC1CCNC1.Cl. The van der Waals surface area contributed by atoms with Gasteiger partial charge in [-0.2, -0.15) is 5.10 Å². The molecule has 0 aliphatic carbocycles. The summed E-state index contributed by atoms with van der Waals surface area (Å²) in [5, 5.41) is 10.8. The number of para-hydroxylation sites is 1. The summed E-state index contributed by atoms with van der Waals surface area (Å²) in [5.74, 6) is 0.652. The molecule has 124 valence electrons. The summed E-state index contributed by atoms with van der Waals surface area (Å²) in [6.07, 6.45) is 4.04. The second-order valence-corrected chi connectivity index (χ2v) is 5.81. The number of aryl methyl sites for hydroxylation is 1. The minimum atomic E-state index is -0.0364. The van der Waals surface area contributed by atoms with E-state index in [0.29, 0.717) is 11.5 Å². The van der Waals surface area contributed by atoms with Crippen LogP contribution in [0.1, 0.15) is 28.9 Å². The number of nitrogens with one attached hydrogen (secondary N) is 2. The molecular formula is C17H23ClN4O. The number of halogens is 1. The Morgan fingerprint density at radius 3 is 2.87 bits per heavy atom. The highest BCUT2D eigenvalue weighted by Gasteiger charge is 2.16. The summed E-state index contributed by atoms with van der Waals surface area (Å²) in [7, 11) is 0. The van der Waals surface area contributed by atoms with Crippen molar-refractivity contribution in [3.05, 3.63) is 47.8 Å². The molecule has 2 heterocycles. The highest BCUT2D eigenvalue weighted by molar-refractivity contribution is 5.95. The van der Waals surface area contributed by atoms with Crippen molar-refractivity contribution in [3.8, 4) is 5.69 Å². The molecule has 0 bridgehead atoms. The molecule has 5 nitrogen and oxygen atoms in total. The van der Waals surface area contributed by atoms with Gasteiger partial charge in [-0.15, -0.1) is 12.4 Å². The minimum absolute atomic E-state index is 0. The number of amides is 1. The van der Waals surface area contributed by atoms with Crippen molar-refractivity contribution in [1.82, 2.24) is 20.4 Å². The predicted octanol–water partition coefficient (Wildman–Crippen LogP) is 2.33. The van der Waals surface area contributed by atoms with Crippen LogP contribution >= 0.6 is 12.4 Å². The maximum atomic E-state index is 12.3. The Hall–Kier alpha value is -1.85. The van der Waals surface area contributed by atoms with E-state index in [1.54, 1.807) is 10.9 Å². The molecule has 1 saturated heterocycles. The Labute approximate surface area is 142 Å². The van der Waals surface area contributed by atoms with Crippen LogP contribution in [0.25, 0.3) is 5.69 Å². The van der Waals surface area contributed by atoms with Gasteiger partial charge in [-0.05, 0) is 50.9 Å². The van der Waals surface area contributed by atoms with E-state index in [-0.39, 0.29) is 18.3 Å². The zero-order valence-electron chi connectivity index (χ0n) is 13.3. The van der Waals surface area contributed by atoms with Crippen LogP contribution in [0.5, 0.6) is 0 Å². The van der Waals surface area contributed by atoms with Gasteiger partial charge in [-0.1, -0.05) is 18.2 Å². The Bertz CT molecular complexity index is 635. The quantitative estimate of drug-likeness (QED) is 0.882. The third-order valence-corrected chi connectivity index (χ3v) is 4.16. The zero-order valence-corrected chi connectivity index (χ0v) is 14.1. The fourth-order valence-electron chi connectivity index (χ4n) is 2.84. The van der Waals surface area contributed by atoms with Crippen LogP contribution in [-0.4, -0.2) is 35.3 Å². The fourth-order valence-corrected chi connectivity index (χ4v) is 2.84. The number of rotatable bonds is 5. The van der Waals surface area contributed by atoms with E-state index >= 15 is 0 Å².